The van der Waals surface area contributed by atoms with E-state index in [1.165, 1.54) is 0 Å². The van der Waals surface area contributed by atoms with E-state index in [-0.39, 0.29) is 5.91 Å². The summed E-state index contributed by atoms with van der Waals surface area (Å²) in [5, 5.41) is 9.82. The summed E-state index contributed by atoms with van der Waals surface area (Å²) in [5.74, 6) is 0.472. The van der Waals surface area contributed by atoms with Gasteiger partial charge in [0.15, 0.2) is 6.10 Å². The van der Waals surface area contributed by atoms with Crippen molar-refractivity contribution in [3.63, 3.8) is 0 Å². The van der Waals surface area contributed by atoms with Gasteiger partial charge in [-0.25, -0.2) is 0 Å². The maximum Gasteiger partial charge on any atom is 0.263 e. The third kappa shape index (κ3) is 4.18. The third-order valence-corrected chi connectivity index (χ3v) is 3.89. The molecular formula is C15H20BrNO4. The third-order valence-electron chi connectivity index (χ3n) is 3.40. The molecule has 6 heteroatoms. The van der Waals surface area contributed by atoms with E-state index in [0.29, 0.717) is 37.6 Å². The van der Waals surface area contributed by atoms with E-state index in [1.807, 2.05) is 6.07 Å². The SMILES string of the molecule is CC(Oc1ccc(Br)cc1[C@H](C)O)C(=O)N1CCOCC1. The Morgan fingerprint density at radius 1 is 1.38 bits per heavy atom. The molecule has 21 heavy (non-hydrogen) atoms. The lowest BCUT2D eigenvalue weighted by Crippen LogP contribution is -2.46. The zero-order valence-corrected chi connectivity index (χ0v) is 13.8. The van der Waals surface area contributed by atoms with Crippen LogP contribution in [0.3, 0.4) is 0 Å². The molecule has 1 aliphatic heterocycles. The van der Waals surface area contributed by atoms with Crippen LogP contribution < -0.4 is 4.74 Å². The highest BCUT2D eigenvalue weighted by Crippen LogP contribution is 2.29. The van der Waals surface area contributed by atoms with Gasteiger partial charge in [0.1, 0.15) is 5.75 Å². The molecule has 0 radical (unpaired) electrons. The van der Waals surface area contributed by atoms with Crippen molar-refractivity contribution in [3.8, 4) is 5.75 Å². The minimum Gasteiger partial charge on any atom is -0.481 e. The zero-order valence-electron chi connectivity index (χ0n) is 12.2. The van der Waals surface area contributed by atoms with E-state index >= 15 is 0 Å². The Morgan fingerprint density at radius 2 is 2.05 bits per heavy atom. The number of aliphatic hydroxyl groups excluding tert-OH is 1. The Balaban J connectivity index is 2.08. The number of amides is 1. The van der Waals surface area contributed by atoms with E-state index in [0.717, 1.165) is 4.47 Å². The fourth-order valence-electron chi connectivity index (χ4n) is 2.23. The van der Waals surface area contributed by atoms with E-state index < -0.39 is 12.2 Å². The van der Waals surface area contributed by atoms with Crippen molar-refractivity contribution in [1.82, 2.24) is 4.90 Å². The number of aliphatic hydroxyl groups is 1. The second-order valence-corrected chi connectivity index (χ2v) is 5.97. The average Bonchev–Trinajstić information content (AvgIpc) is 2.49. The fraction of sp³-hybridized carbons (Fsp3) is 0.533. The van der Waals surface area contributed by atoms with Gasteiger partial charge in [0.05, 0.1) is 19.3 Å². The van der Waals surface area contributed by atoms with Crippen LogP contribution in [0.4, 0.5) is 0 Å². The van der Waals surface area contributed by atoms with Gasteiger partial charge in [-0.1, -0.05) is 15.9 Å². The number of morpholine rings is 1. The molecule has 1 amide bonds. The standard InChI is InChI=1S/C15H20BrNO4/c1-10(18)13-9-12(16)3-4-14(13)21-11(2)15(19)17-5-7-20-8-6-17/h3-4,9-11,18H,5-8H2,1-2H3/t10-,11?/m0/s1. The average molecular weight is 358 g/mol. The molecule has 0 aromatic heterocycles. The summed E-state index contributed by atoms with van der Waals surface area (Å²) in [5.41, 5.74) is 0.658. The van der Waals surface area contributed by atoms with Crippen LogP contribution in [0.5, 0.6) is 5.75 Å². The van der Waals surface area contributed by atoms with Crippen LogP contribution in [0, 0.1) is 0 Å². The molecule has 1 aliphatic rings. The van der Waals surface area contributed by atoms with E-state index in [2.05, 4.69) is 15.9 Å². The van der Waals surface area contributed by atoms with Crippen LogP contribution in [0.15, 0.2) is 22.7 Å². The maximum atomic E-state index is 12.3. The van der Waals surface area contributed by atoms with Gasteiger partial charge in [0.25, 0.3) is 5.91 Å². The van der Waals surface area contributed by atoms with E-state index in [1.54, 1.807) is 30.9 Å². The van der Waals surface area contributed by atoms with Crippen molar-refractivity contribution >= 4 is 21.8 Å². The number of halogens is 1. The van der Waals surface area contributed by atoms with Gasteiger partial charge < -0.3 is 19.5 Å². The Hall–Kier alpha value is -1.11. The molecule has 0 saturated carbocycles. The first-order valence-corrected chi connectivity index (χ1v) is 7.79. The number of ether oxygens (including phenoxy) is 2. The fourth-order valence-corrected chi connectivity index (χ4v) is 2.61. The Bertz CT molecular complexity index is 500. The number of hydrogen-bond donors (Lipinski definition) is 1. The smallest absolute Gasteiger partial charge is 0.263 e. The van der Waals surface area contributed by atoms with Crippen molar-refractivity contribution < 1.29 is 19.4 Å². The summed E-state index contributed by atoms with van der Waals surface area (Å²) in [6, 6.07) is 5.38. The number of rotatable bonds is 4. The zero-order chi connectivity index (χ0) is 15.4. The highest BCUT2D eigenvalue weighted by Gasteiger charge is 2.24. The van der Waals surface area contributed by atoms with E-state index in [9.17, 15) is 9.90 Å². The quantitative estimate of drug-likeness (QED) is 0.896. The molecule has 2 rings (SSSR count). The summed E-state index contributed by atoms with van der Waals surface area (Å²) in [6.45, 7) is 5.71. The predicted molar refractivity (Wildman–Crippen MR) is 82.3 cm³/mol. The van der Waals surface area contributed by atoms with Gasteiger partial charge in [0.2, 0.25) is 0 Å². The van der Waals surface area contributed by atoms with Gasteiger partial charge in [0, 0.05) is 23.1 Å². The Morgan fingerprint density at radius 3 is 2.67 bits per heavy atom. The van der Waals surface area contributed by atoms with Crippen molar-refractivity contribution in [2.24, 2.45) is 0 Å². The molecule has 1 unspecified atom stereocenters. The topological polar surface area (TPSA) is 59.0 Å². The molecule has 116 valence electrons. The molecular weight excluding hydrogens is 338 g/mol. The molecule has 1 N–H and O–H groups in total. The second kappa shape index (κ2) is 7.24. The first-order valence-electron chi connectivity index (χ1n) is 6.99. The van der Waals surface area contributed by atoms with Crippen LogP contribution in [-0.4, -0.2) is 48.3 Å². The number of hydrogen-bond acceptors (Lipinski definition) is 4. The molecule has 2 atom stereocenters. The van der Waals surface area contributed by atoms with E-state index in [4.69, 9.17) is 9.47 Å². The predicted octanol–water partition coefficient (Wildman–Crippen LogP) is 2.13. The largest absolute Gasteiger partial charge is 0.481 e. The molecule has 1 heterocycles. The first kappa shape index (κ1) is 16.3. The normalized spacial score (nSPS) is 18.2. The lowest BCUT2D eigenvalue weighted by Gasteiger charge is -2.29. The van der Waals surface area contributed by atoms with Gasteiger partial charge in [-0.15, -0.1) is 0 Å². The van der Waals surface area contributed by atoms with Crippen LogP contribution >= 0.6 is 15.9 Å². The molecule has 0 bridgehead atoms. The first-order chi connectivity index (χ1) is 9.99. The lowest BCUT2D eigenvalue weighted by atomic mass is 10.1. The molecule has 1 aromatic carbocycles. The summed E-state index contributed by atoms with van der Waals surface area (Å²) in [4.78, 5) is 14.1. The maximum absolute atomic E-state index is 12.3. The van der Waals surface area contributed by atoms with Gasteiger partial charge in [-0.3, -0.25) is 4.79 Å². The summed E-state index contributed by atoms with van der Waals surface area (Å²) in [6.07, 6.45) is -1.26. The van der Waals surface area contributed by atoms with Crippen LogP contribution in [0.2, 0.25) is 0 Å². The second-order valence-electron chi connectivity index (χ2n) is 5.06. The van der Waals surface area contributed by atoms with Crippen LogP contribution in [0.1, 0.15) is 25.5 Å². The number of carbonyl (C=O) groups excluding carboxylic acids is 1. The van der Waals surface area contributed by atoms with Crippen molar-refractivity contribution in [2.45, 2.75) is 26.1 Å². The number of carbonyl (C=O) groups is 1. The summed E-state index contributed by atoms with van der Waals surface area (Å²) >= 11 is 3.37. The van der Waals surface area contributed by atoms with Crippen molar-refractivity contribution in [1.29, 1.82) is 0 Å². The molecule has 0 aliphatic carbocycles. The van der Waals surface area contributed by atoms with Crippen LogP contribution in [-0.2, 0) is 9.53 Å². The van der Waals surface area contributed by atoms with Crippen molar-refractivity contribution in [3.05, 3.63) is 28.2 Å². The van der Waals surface area contributed by atoms with Gasteiger partial charge >= 0.3 is 0 Å². The van der Waals surface area contributed by atoms with Crippen molar-refractivity contribution in [2.75, 3.05) is 26.3 Å². The number of benzene rings is 1. The minimum atomic E-state index is -0.664. The van der Waals surface area contributed by atoms with Gasteiger partial charge in [-0.05, 0) is 32.0 Å². The molecule has 0 spiro atoms. The molecule has 1 aromatic rings. The lowest BCUT2D eigenvalue weighted by molar-refractivity contribution is -0.142. The molecule has 1 fully saturated rings. The monoisotopic (exact) mass is 357 g/mol. The molecule has 1 saturated heterocycles. The highest BCUT2D eigenvalue weighted by molar-refractivity contribution is 9.10. The number of nitrogens with zero attached hydrogens (tertiary/aromatic N) is 1. The Kier molecular flexibility index (Phi) is 5.61. The molecule has 5 nitrogen and oxygen atoms in total. The van der Waals surface area contributed by atoms with Crippen LogP contribution in [0.25, 0.3) is 0 Å². The summed E-state index contributed by atoms with van der Waals surface area (Å²) in [7, 11) is 0. The van der Waals surface area contributed by atoms with Gasteiger partial charge in [-0.2, -0.15) is 0 Å². The highest BCUT2D eigenvalue weighted by atomic mass is 79.9. The minimum absolute atomic E-state index is 0.0576. The summed E-state index contributed by atoms with van der Waals surface area (Å²) < 4.78 is 11.9. The Labute approximate surface area is 133 Å².